The van der Waals surface area contributed by atoms with Crippen LogP contribution in [0.3, 0.4) is 0 Å². The molecule has 5 nitrogen and oxygen atoms in total. The van der Waals surface area contributed by atoms with Crippen LogP contribution in [0.2, 0.25) is 0 Å². The van der Waals surface area contributed by atoms with Crippen molar-refractivity contribution in [2.45, 2.75) is 58.5 Å². The molecule has 1 heterocycles. The Morgan fingerprint density at radius 1 is 1.37 bits per heavy atom. The molecule has 1 atom stereocenters. The summed E-state index contributed by atoms with van der Waals surface area (Å²) in [6.07, 6.45) is 3.42. The summed E-state index contributed by atoms with van der Waals surface area (Å²) in [6, 6.07) is -0.00439. The number of hydrogen-bond acceptors (Lipinski definition) is 4. The average Bonchev–Trinajstić information content (AvgIpc) is 2.36. The van der Waals surface area contributed by atoms with Crippen LogP contribution >= 0.6 is 0 Å². The normalized spacial score (nSPS) is 20.3. The highest BCUT2D eigenvalue weighted by atomic mass is 16.5. The van der Waals surface area contributed by atoms with E-state index in [1.807, 2.05) is 20.8 Å². The molecule has 0 aromatic carbocycles. The number of ether oxygens (including phenoxy) is 1. The van der Waals surface area contributed by atoms with E-state index in [1.54, 1.807) is 0 Å². The summed E-state index contributed by atoms with van der Waals surface area (Å²) in [7, 11) is 0. The second-order valence-corrected chi connectivity index (χ2v) is 5.27. The topological polar surface area (TPSA) is 58.6 Å². The molecular formula is C14H26N2O3. The smallest absolute Gasteiger partial charge is 0.323 e. The Balaban J connectivity index is 2.44. The fourth-order valence-electron chi connectivity index (χ4n) is 2.40. The lowest BCUT2D eigenvalue weighted by Crippen LogP contribution is -2.47. The van der Waals surface area contributed by atoms with Crippen molar-refractivity contribution in [3.63, 3.8) is 0 Å². The number of rotatable bonds is 6. The van der Waals surface area contributed by atoms with Gasteiger partial charge in [-0.25, -0.2) is 0 Å². The standard InChI is InChI=1S/C14H26N2O3/c1-4-19-14(18)12-7-5-6-9-16(12)10-8-13(17)15-11(2)3/h11-12H,4-10H2,1-3H3,(H,15,17). The predicted octanol–water partition coefficient (Wildman–Crippen LogP) is 1.32. The van der Waals surface area contributed by atoms with E-state index in [-0.39, 0.29) is 24.0 Å². The van der Waals surface area contributed by atoms with Crippen LogP contribution in [0.4, 0.5) is 0 Å². The fourth-order valence-corrected chi connectivity index (χ4v) is 2.40. The van der Waals surface area contributed by atoms with Crippen molar-refractivity contribution >= 4 is 11.9 Å². The van der Waals surface area contributed by atoms with Crippen molar-refractivity contribution in [1.82, 2.24) is 10.2 Å². The summed E-state index contributed by atoms with van der Waals surface area (Å²) in [4.78, 5) is 25.6. The van der Waals surface area contributed by atoms with Crippen molar-refractivity contribution in [1.29, 1.82) is 0 Å². The second-order valence-electron chi connectivity index (χ2n) is 5.27. The van der Waals surface area contributed by atoms with Gasteiger partial charge in [-0.05, 0) is 40.2 Å². The first-order chi connectivity index (χ1) is 9.04. The van der Waals surface area contributed by atoms with Crippen molar-refractivity contribution < 1.29 is 14.3 Å². The minimum Gasteiger partial charge on any atom is -0.465 e. The van der Waals surface area contributed by atoms with Gasteiger partial charge in [-0.2, -0.15) is 0 Å². The summed E-state index contributed by atoms with van der Waals surface area (Å²) >= 11 is 0. The average molecular weight is 270 g/mol. The van der Waals surface area contributed by atoms with Crippen LogP contribution in [0.1, 0.15) is 46.5 Å². The fraction of sp³-hybridized carbons (Fsp3) is 0.857. The molecule has 1 N–H and O–H groups in total. The van der Waals surface area contributed by atoms with Crippen LogP contribution in [-0.2, 0) is 14.3 Å². The van der Waals surface area contributed by atoms with Gasteiger partial charge in [0.25, 0.3) is 0 Å². The van der Waals surface area contributed by atoms with E-state index in [0.717, 1.165) is 25.8 Å². The minimum absolute atomic E-state index is 0.0446. The zero-order valence-corrected chi connectivity index (χ0v) is 12.3. The van der Waals surface area contributed by atoms with E-state index in [4.69, 9.17) is 4.74 Å². The highest BCUT2D eigenvalue weighted by Gasteiger charge is 2.29. The molecule has 0 spiro atoms. The Kier molecular flexibility index (Phi) is 6.84. The molecule has 1 saturated heterocycles. The zero-order valence-electron chi connectivity index (χ0n) is 12.3. The SMILES string of the molecule is CCOC(=O)C1CCCCN1CCC(=O)NC(C)C. The molecule has 1 fully saturated rings. The number of likely N-dealkylation sites (tertiary alicyclic amines) is 1. The number of nitrogens with one attached hydrogen (secondary N) is 1. The van der Waals surface area contributed by atoms with E-state index < -0.39 is 0 Å². The maximum atomic E-state index is 11.9. The van der Waals surface area contributed by atoms with Crippen LogP contribution in [0, 0.1) is 0 Å². The highest BCUT2D eigenvalue weighted by molar-refractivity contribution is 5.77. The van der Waals surface area contributed by atoms with Crippen LogP contribution in [-0.4, -0.2) is 48.6 Å². The molecule has 1 rings (SSSR count). The van der Waals surface area contributed by atoms with Gasteiger partial charge in [-0.3, -0.25) is 14.5 Å². The molecular weight excluding hydrogens is 244 g/mol. The third kappa shape index (κ3) is 5.59. The highest BCUT2D eigenvalue weighted by Crippen LogP contribution is 2.18. The van der Waals surface area contributed by atoms with Crippen LogP contribution < -0.4 is 5.32 Å². The molecule has 110 valence electrons. The lowest BCUT2D eigenvalue weighted by molar-refractivity contribution is -0.151. The van der Waals surface area contributed by atoms with E-state index in [9.17, 15) is 9.59 Å². The Morgan fingerprint density at radius 2 is 2.11 bits per heavy atom. The quantitative estimate of drug-likeness (QED) is 0.740. The third-order valence-corrected chi connectivity index (χ3v) is 3.25. The molecule has 0 aromatic heterocycles. The monoisotopic (exact) mass is 270 g/mol. The van der Waals surface area contributed by atoms with Crippen molar-refractivity contribution in [3.05, 3.63) is 0 Å². The molecule has 1 aliphatic heterocycles. The maximum absolute atomic E-state index is 11.9. The molecule has 1 unspecified atom stereocenters. The van der Waals surface area contributed by atoms with Gasteiger partial charge in [0.15, 0.2) is 0 Å². The Labute approximate surface area is 115 Å². The van der Waals surface area contributed by atoms with Gasteiger partial charge in [0.05, 0.1) is 6.61 Å². The Morgan fingerprint density at radius 3 is 2.74 bits per heavy atom. The Hall–Kier alpha value is -1.10. The van der Waals surface area contributed by atoms with Gasteiger partial charge in [-0.1, -0.05) is 6.42 Å². The van der Waals surface area contributed by atoms with Crippen LogP contribution in [0.15, 0.2) is 0 Å². The molecule has 0 aromatic rings. The first-order valence-corrected chi connectivity index (χ1v) is 7.24. The molecule has 1 aliphatic rings. The molecule has 0 saturated carbocycles. The molecule has 19 heavy (non-hydrogen) atoms. The summed E-state index contributed by atoms with van der Waals surface area (Å²) in [5, 5.41) is 2.87. The lowest BCUT2D eigenvalue weighted by Gasteiger charge is -2.33. The van der Waals surface area contributed by atoms with Crippen molar-refractivity contribution in [2.24, 2.45) is 0 Å². The first-order valence-electron chi connectivity index (χ1n) is 7.24. The third-order valence-electron chi connectivity index (χ3n) is 3.25. The Bertz CT molecular complexity index is 305. The molecule has 0 aliphatic carbocycles. The van der Waals surface area contributed by atoms with E-state index in [1.165, 1.54) is 0 Å². The summed E-state index contributed by atoms with van der Waals surface area (Å²) in [5.41, 5.74) is 0. The van der Waals surface area contributed by atoms with Crippen LogP contribution in [0.5, 0.6) is 0 Å². The van der Waals surface area contributed by atoms with E-state index >= 15 is 0 Å². The number of nitrogens with zero attached hydrogens (tertiary/aromatic N) is 1. The second kappa shape index (κ2) is 8.15. The maximum Gasteiger partial charge on any atom is 0.323 e. The van der Waals surface area contributed by atoms with Gasteiger partial charge in [0.2, 0.25) is 5.91 Å². The van der Waals surface area contributed by atoms with Gasteiger partial charge in [0, 0.05) is 19.0 Å². The number of carbonyl (C=O) groups is 2. The summed E-state index contributed by atoms with van der Waals surface area (Å²) in [5.74, 6) is -0.102. The molecule has 0 bridgehead atoms. The molecule has 0 radical (unpaired) electrons. The zero-order chi connectivity index (χ0) is 14.3. The lowest BCUT2D eigenvalue weighted by atomic mass is 10.0. The molecule has 1 amide bonds. The van der Waals surface area contributed by atoms with E-state index in [0.29, 0.717) is 19.6 Å². The number of esters is 1. The largest absolute Gasteiger partial charge is 0.465 e. The van der Waals surface area contributed by atoms with Crippen molar-refractivity contribution in [3.8, 4) is 0 Å². The van der Waals surface area contributed by atoms with Gasteiger partial charge in [-0.15, -0.1) is 0 Å². The first kappa shape index (κ1) is 16.0. The summed E-state index contributed by atoms with van der Waals surface area (Å²) in [6.45, 7) is 7.62. The number of piperidine rings is 1. The van der Waals surface area contributed by atoms with Crippen molar-refractivity contribution in [2.75, 3.05) is 19.7 Å². The van der Waals surface area contributed by atoms with E-state index in [2.05, 4.69) is 10.2 Å². The van der Waals surface area contributed by atoms with Gasteiger partial charge < -0.3 is 10.1 Å². The number of hydrogen-bond donors (Lipinski definition) is 1. The van der Waals surface area contributed by atoms with Crippen LogP contribution in [0.25, 0.3) is 0 Å². The minimum atomic E-state index is -0.166. The predicted molar refractivity (Wildman–Crippen MR) is 73.7 cm³/mol. The molecule has 5 heteroatoms. The number of carbonyl (C=O) groups excluding carboxylic acids is 2. The number of amides is 1. The van der Waals surface area contributed by atoms with Gasteiger partial charge in [0.1, 0.15) is 6.04 Å². The summed E-state index contributed by atoms with van der Waals surface area (Å²) < 4.78 is 5.10. The van der Waals surface area contributed by atoms with Gasteiger partial charge >= 0.3 is 5.97 Å².